The van der Waals surface area contributed by atoms with Crippen LogP contribution in [0.15, 0.2) is 91.0 Å². The summed E-state index contributed by atoms with van der Waals surface area (Å²) in [6.45, 7) is 8.18. The van der Waals surface area contributed by atoms with E-state index in [9.17, 15) is 19.7 Å². The minimum atomic E-state index is -0.478. The molecule has 0 spiro atoms. The molecule has 0 saturated carbocycles. The van der Waals surface area contributed by atoms with Crippen molar-refractivity contribution in [3.8, 4) is 5.69 Å². The van der Waals surface area contributed by atoms with Crippen molar-refractivity contribution in [2.24, 2.45) is 0 Å². The molecular weight excluding hydrogens is 518 g/mol. The van der Waals surface area contributed by atoms with Gasteiger partial charge in [-0.15, -0.1) is 0 Å². The lowest BCUT2D eigenvalue weighted by atomic mass is 9.92. The molecule has 2 amide bonds. The molecule has 0 radical (unpaired) electrons. The molecule has 0 atom stereocenters. The summed E-state index contributed by atoms with van der Waals surface area (Å²) in [6.07, 6.45) is 2.94. The number of nitrogens with one attached hydrogen (secondary N) is 1. The van der Waals surface area contributed by atoms with Crippen LogP contribution in [0.25, 0.3) is 11.8 Å². The van der Waals surface area contributed by atoms with Crippen LogP contribution in [0.5, 0.6) is 0 Å². The second-order valence-corrected chi connectivity index (χ2v) is 10.8. The van der Waals surface area contributed by atoms with Crippen molar-refractivity contribution >= 4 is 29.4 Å². The molecule has 0 saturated heterocycles. The fourth-order valence-electron chi connectivity index (χ4n) is 4.17. The third-order valence-corrected chi connectivity index (χ3v) is 6.47. The Morgan fingerprint density at radius 3 is 2.29 bits per heavy atom. The Labute approximate surface area is 239 Å². The molecule has 1 heterocycles. The predicted molar refractivity (Wildman–Crippen MR) is 160 cm³/mol. The summed E-state index contributed by atoms with van der Waals surface area (Å²) in [7, 11) is 0. The van der Waals surface area contributed by atoms with Crippen molar-refractivity contribution in [1.82, 2.24) is 14.7 Å². The number of nitro benzene ring substituents is 1. The summed E-state index contributed by atoms with van der Waals surface area (Å²) in [6, 6.07) is 25.0. The zero-order chi connectivity index (χ0) is 29.6. The monoisotopic (exact) mass is 551 g/mol. The van der Waals surface area contributed by atoms with E-state index in [-0.39, 0.29) is 36.0 Å². The van der Waals surface area contributed by atoms with Crippen LogP contribution in [0.4, 0.5) is 11.5 Å². The van der Waals surface area contributed by atoms with Crippen molar-refractivity contribution in [1.29, 1.82) is 0 Å². The van der Waals surface area contributed by atoms with Gasteiger partial charge in [-0.1, -0.05) is 69.3 Å². The Balaban J connectivity index is 1.58. The molecule has 4 rings (SSSR count). The van der Waals surface area contributed by atoms with Gasteiger partial charge in [-0.25, -0.2) is 4.68 Å². The van der Waals surface area contributed by atoms with Gasteiger partial charge < -0.3 is 10.2 Å². The maximum Gasteiger partial charge on any atom is 0.269 e. The SMILES string of the molecule is Cc1ccccc1-n1nc(C(C)(C)C)cc1NC(=O)CN(Cc1ccccc1)C(=O)C=Cc1ccc([N+](=O)[O-])cc1. The van der Waals surface area contributed by atoms with Crippen LogP contribution in [0.1, 0.15) is 43.2 Å². The van der Waals surface area contributed by atoms with E-state index < -0.39 is 4.92 Å². The number of anilines is 1. The van der Waals surface area contributed by atoms with Gasteiger partial charge in [-0.05, 0) is 47.9 Å². The lowest BCUT2D eigenvalue weighted by Crippen LogP contribution is -2.37. The zero-order valence-electron chi connectivity index (χ0n) is 23.6. The lowest BCUT2D eigenvalue weighted by molar-refractivity contribution is -0.384. The first-order valence-electron chi connectivity index (χ1n) is 13.2. The zero-order valence-corrected chi connectivity index (χ0v) is 23.6. The van der Waals surface area contributed by atoms with E-state index in [2.05, 4.69) is 26.1 Å². The van der Waals surface area contributed by atoms with Gasteiger partial charge in [0, 0.05) is 36.2 Å². The van der Waals surface area contributed by atoms with Gasteiger partial charge in [-0.2, -0.15) is 5.10 Å². The number of para-hydroxylation sites is 1. The van der Waals surface area contributed by atoms with Crippen LogP contribution in [0, 0.1) is 17.0 Å². The highest BCUT2D eigenvalue weighted by Crippen LogP contribution is 2.27. The first-order valence-corrected chi connectivity index (χ1v) is 13.2. The van der Waals surface area contributed by atoms with Crippen LogP contribution in [-0.4, -0.2) is 38.0 Å². The molecule has 0 aliphatic rings. The molecule has 41 heavy (non-hydrogen) atoms. The van der Waals surface area contributed by atoms with Crippen molar-refractivity contribution in [2.45, 2.75) is 39.7 Å². The van der Waals surface area contributed by atoms with E-state index in [1.807, 2.05) is 67.6 Å². The van der Waals surface area contributed by atoms with E-state index >= 15 is 0 Å². The van der Waals surface area contributed by atoms with Crippen LogP contribution in [0.3, 0.4) is 0 Å². The lowest BCUT2D eigenvalue weighted by Gasteiger charge is -2.21. The maximum absolute atomic E-state index is 13.4. The fraction of sp³-hybridized carbons (Fsp3) is 0.219. The van der Waals surface area contributed by atoms with Crippen molar-refractivity contribution in [2.75, 3.05) is 11.9 Å². The average Bonchev–Trinajstić information content (AvgIpc) is 3.36. The van der Waals surface area contributed by atoms with Crippen molar-refractivity contribution in [3.63, 3.8) is 0 Å². The summed E-state index contributed by atoms with van der Waals surface area (Å²) in [5.74, 6) is -0.221. The number of non-ortho nitro benzene ring substituents is 1. The van der Waals surface area contributed by atoms with E-state index in [0.29, 0.717) is 11.4 Å². The molecule has 0 aliphatic carbocycles. The standard InChI is InChI=1S/C32H33N5O4/c1-23-10-8-9-13-27(23)36-29(20-28(34-36)32(2,3)4)33-30(38)22-35(21-25-11-6-5-7-12-25)31(39)19-16-24-14-17-26(18-15-24)37(40)41/h5-20H,21-22H2,1-4H3,(H,33,38). The largest absolute Gasteiger partial charge is 0.326 e. The Morgan fingerprint density at radius 2 is 1.66 bits per heavy atom. The molecule has 0 bridgehead atoms. The Bertz CT molecular complexity index is 1570. The minimum Gasteiger partial charge on any atom is -0.326 e. The number of amides is 2. The normalized spacial score (nSPS) is 11.4. The molecule has 9 nitrogen and oxygen atoms in total. The van der Waals surface area contributed by atoms with Crippen LogP contribution >= 0.6 is 0 Å². The molecule has 0 fully saturated rings. The minimum absolute atomic E-state index is 0.0320. The molecule has 4 aromatic rings. The second kappa shape index (κ2) is 12.4. The highest BCUT2D eigenvalue weighted by molar-refractivity contribution is 5.98. The molecule has 1 aromatic heterocycles. The smallest absolute Gasteiger partial charge is 0.269 e. The van der Waals surface area contributed by atoms with Gasteiger partial charge >= 0.3 is 0 Å². The van der Waals surface area contributed by atoms with E-state index in [1.165, 1.54) is 23.1 Å². The summed E-state index contributed by atoms with van der Waals surface area (Å²) < 4.78 is 1.73. The summed E-state index contributed by atoms with van der Waals surface area (Å²) in [4.78, 5) is 38.6. The third kappa shape index (κ3) is 7.54. The predicted octanol–water partition coefficient (Wildman–Crippen LogP) is 6.07. The maximum atomic E-state index is 13.4. The van der Waals surface area contributed by atoms with E-state index in [4.69, 9.17) is 5.10 Å². The highest BCUT2D eigenvalue weighted by Gasteiger charge is 2.23. The molecule has 1 N–H and O–H groups in total. The summed E-state index contributed by atoms with van der Waals surface area (Å²) >= 11 is 0. The number of nitrogens with zero attached hydrogens (tertiary/aromatic N) is 4. The van der Waals surface area contributed by atoms with Gasteiger partial charge in [0.05, 0.1) is 16.3 Å². The number of hydrogen-bond donors (Lipinski definition) is 1. The van der Waals surface area contributed by atoms with Crippen LogP contribution in [0.2, 0.25) is 0 Å². The number of carbonyl (C=O) groups is 2. The molecule has 9 heteroatoms. The first-order chi connectivity index (χ1) is 19.5. The van der Waals surface area contributed by atoms with Gasteiger partial charge in [-0.3, -0.25) is 19.7 Å². The Hall–Kier alpha value is -5.05. The Kier molecular flexibility index (Phi) is 8.77. The molecule has 210 valence electrons. The number of rotatable bonds is 9. The quantitative estimate of drug-likeness (QED) is 0.154. The highest BCUT2D eigenvalue weighted by atomic mass is 16.6. The van der Waals surface area contributed by atoms with Gasteiger partial charge in [0.1, 0.15) is 12.4 Å². The number of aryl methyl sites for hydroxylation is 1. The second-order valence-electron chi connectivity index (χ2n) is 10.8. The Morgan fingerprint density at radius 1 is 1.00 bits per heavy atom. The molecule has 0 unspecified atom stereocenters. The number of aromatic nitrogens is 2. The van der Waals surface area contributed by atoms with Crippen LogP contribution in [-0.2, 0) is 21.5 Å². The fourth-order valence-corrected chi connectivity index (χ4v) is 4.17. The van der Waals surface area contributed by atoms with Crippen molar-refractivity contribution < 1.29 is 14.5 Å². The molecular formula is C32H33N5O4. The summed E-state index contributed by atoms with van der Waals surface area (Å²) in [5, 5.41) is 18.7. The average molecular weight is 552 g/mol. The molecule has 3 aromatic carbocycles. The number of hydrogen-bond acceptors (Lipinski definition) is 5. The van der Waals surface area contributed by atoms with Gasteiger partial charge in [0.15, 0.2) is 0 Å². The molecule has 0 aliphatic heterocycles. The summed E-state index contributed by atoms with van der Waals surface area (Å²) in [5.41, 5.74) is 3.90. The van der Waals surface area contributed by atoms with Gasteiger partial charge in [0.25, 0.3) is 5.69 Å². The number of carbonyl (C=O) groups excluding carboxylic acids is 2. The first kappa shape index (κ1) is 28.9. The van der Waals surface area contributed by atoms with Crippen LogP contribution < -0.4 is 5.32 Å². The van der Waals surface area contributed by atoms with Gasteiger partial charge in [0.2, 0.25) is 11.8 Å². The third-order valence-electron chi connectivity index (χ3n) is 6.47. The topological polar surface area (TPSA) is 110 Å². The van der Waals surface area contributed by atoms with E-state index in [0.717, 1.165) is 22.5 Å². The van der Waals surface area contributed by atoms with E-state index in [1.54, 1.807) is 22.9 Å². The van der Waals surface area contributed by atoms with Crippen molar-refractivity contribution in [3.05, 3.63) is 124 Å². The number of nitro groups is 1. The number of benzene rings is 3.